The molecule has 0 radical (unpaired) electrons. The molecule has 1 amide bonds. The van der Waals surface area contributed by atoms with Gasteiger partial charge in [-0.1, -0.05) is 12.1 Å². The Labute approximate surface area is 113 Å². The number of amides is 1. The van der Waals surface area contributed by atoms with E-state index in [1.807, 2.05) is 0 Å². The van der Waals surface area contributed by atoms with Gasteiger partial charge in [0.25, 0.3) is 5.91 Å². The molecule has 3 aromatic rings. The number of fused-ring (bicyclic) bond motifs is 1. The van der Waals surface area contributed by atoms with Crippen molar-refractivity contribution in [1.82, 2.24) is 15.3 Å². The van der Waals surface area contributed by atoms with Gasteiger partial charge in [-0.15, -0.1) is 0 Å². The van der Waals surface area contributed by atoms with Crippen molar-refractivity contribution in [3.63, 3.8) is 0 Å². The monoisotopic (exact) mass is 269 g/mol. The molecule has 0 spiro atoms. The number of H-pyrrole nitrogens is 1. The summed E-state index contributed by atoms with van der Waals surface area (Å²) in [5, 5.41) is 3.11. The third-order valence-electron chi connectivity index (χ3n) is 2.85. The first-order valence-corrected chi connectivity index (χ1v) is 6.02. The average Bonchev–Trinajstić information content (AvgIpc) is 2.98. The minimum absolute atomic E-state index is 0.00628. The number of carbonyl (C=O) groups excluding carboxylic acids is 1. The summed E-state index contributed by atoms with van der Waals surface area (Å²) in [5.41, 5.74) is 0.923. The number of rotatable bonds is 3. The zero-order chi connectivity index (χ0) is 13.9. The first kappa shape index (κ1) is 12.2. The Bertz CT molecular complexity index is 806. The first-order chi connectivity index (χ1) is 9.74. The third kappa shape index (κ3) is 2.31. The van der Waals surface area contributed by atoms with Gasteiger partial charge in [-0.25, -0.2) is 4.98 Å². The minimum atomic E-state index is -0.442. The lowest BCUT2D eigenvalue weighted by molar-refractivity contribution is 0.0923. The number of aromatic amines is 1. The molecule has 0 unspecified atom stereocenters. The second-order valence-corrected chi connectivity index (χ2v) is 4.23. The van der Waals surface area contributed by atoms with Crippen molar-refractivity contribution in [1.29, 1.82) is 0 Å². The summed E-state index contributed by atoms with van der Waals surface area (Å²) in [4.78, 5) is 30.6. The molecule has 2 heterocycles. The topological polar surface area (TPSA) is 88.0 Å². The molecular weight excluding hydrogens is 258 g/mol. The Morgan fingerprint density at radius 3 is 3.00 bits per heavy atom. The number of benzene rings is 1. The van der Waals surface area contributed by atoms with Gasteiger partial charge < -0.3 is 14.7 Å². The second kappa shape index (κ2) is 5.00. The summed E-state index contributed by atoms with van der Waals surface area (Å²) in [5.74, 6) is -0.448. The summed E-state index contributed by atoms with van der Waals surface area (Å²) in [6.45, 7) is 0.287. The smallest absolute Gasteiger partial charge is 0.287 e. The van der Waals surface area contributed by atoms with Crippen LogP contribution in [0.1, 0.15) is 16.2 Å². The van der Waals surface area contributed by atoms with Crippen LogP contribution in [0.3, 0.4) is 0 Å². The van der Waals surface area contributed by atoms with Gasteiger partial charge in [0.15, 0.2) is 11.2 Å². The maximum Gasteiger partial charge on any atom is 0.287 e. The van der Waals surface area contributed by atoms with Crippen LogP contribution in [0.4, 0.5) is 0 Å². The largest absolute Gasteiger partial charge is 0.451 e. The molecular formula is C14H11N3O3. The molecule has 2 N–H and O–H groups in total. The van der Waals surface area contributed by atoms with Crippen LogP contribution < -0.4 is 10.7 Å². The van der Waals surface area contributed by atoms with Crippen molar-refractivity contribution >= 4 is 16.9 Å². The molecule has 0 saturated carbocycles. The van der Waals surface area contributed by atoms with Gasteiger partial charge in [0.1, 0.15) is 5.58 Å². The molecule has 1 aromatic carbocycles. The molecule has 0 aliphatic rings. The fourth-order valence-electron chi connectivity index (χ4n) is 1.86. The fourth-order valence-corrected chi connectivity index (χ4v) is 1.86. The number of hydrogen-bond donors (Lipinski definition) is 2. The van der Waals surface area contributed by atoms with Gasteiger partial charge in [0.05, 0.1) is 24.0 Å². The van der Waals surface area contributed by atoms with Crippen molar-refractivity contribution in [2.24, 2.45) is 0 Å². The van der Waals surface area contributed by atoms with E-state index in [-0.39, 0.29) is 17.7 Å². The van der Waals surface area contributed by atoms with Crippen molar-refractivity contribution in [3.05, 3.63) is 64.5 Å². The Morgan fingerprint density at radius 1 is 1.35 bits per heavy atom. The van der Waals surface area contributed by atoms with E-state index in [0.29, 0.717) is 11.0 Å². The van der Waals surface area contributed by atoms with Crippen LogP contribution >= 0.6 is 0 Å². The third-order valence-corrected chi connectivity index (χ3v) is 2.85. The van der Waals surface area contributed by atoms with Gasteiger partial charge in [-0.3, -0.25) is 9.59 Å². The molecule has 6 nitrogen and oxygen atoms in total. The van der Waals surface area contributed by atoms with Crippen LogP contribution in [0, 0.1) is 0 Å². The van der Waals surface area contributed by atoms with Crippen molar-refractivity contribution in [3.8, 4) is 0 Å². The Kier molecular flexibility index (Phi) is 3.04. The molecule has 0 bridgehead atoms. The number of nitrogens with one attached hydrogen (secondary N) is 2. The van der Waals surface area contributed by atoms with Gasteiger partial charge in [-0.2, -0.15) is 0 Å². The van der Waals surface area contributed by atoms with Crippen LogP contribution in [0.5, 0.6) is 0 Å². The zero-order valence-corrected chi connectivity index (χ0v) is 10.4. The van der Waals surface area contributed by atoms with Crippen molar-refractivity contribution < 1.29 is 9.21 Å². The highest BCUT2D eigenvalue weighted by Gasteiger charge is 2.11. The molecule has 3 rings (SSSR count). The average molecular weight is 269 g/mol. The molecule has 20 heavy (non-hydrogen) atoms. The van der Waals surface area contributed by atoms with Crippen molar-refractivity contribution in [2.45, 2.75) is 6.54 Å². The number of imidazole rings is 1. The number of hydrogen-bond acceptors (Lipinski definition) is 4. The zero-order valence-electron chi connectivity index (χ0n) is 10.4. The molecule has 0 fully saturated rings. The van der Waals surface area contributed by atoms with Gasteiger partial charge in [0, 0.05) is 12.3 Å². The van der Waals surface area contributed by atoms with E-state index < -0.39 is 5.91 Å². The fraction of sp³-hybridized carbons (Fsp3) is 0.0714. The summed E-state index contributed by atoms with van der Waals surface area (Å²) in [7, 11) is 0. The van der Waals surface area contributed by atoms with E-state index in [4.69, 9.17) is 4.42 Å². The van der Waals surface area contributed by atoms with E-state index in [2.05, 4.69) is 15.3 Å². The maximum atomic E-state index is 12.0. The van der Waals surface area contributed by atoms with E-state index in [9.17, 15) is 9.59 Å². The van der Waals surface area contributed by atoms with Crippen LogP contribution in [-0.4, -0.2) is 15.9 Å². The quantitative estimate of drug-likeness (QED) is 0.753. The van der Waals surface area contributed by atoms with Crippen LogP contribution in [0.15, 0.2) is 52.1 Å². The highest BCUT2D eigenvalue weighted by molar-refractivity contribution is 5.93. The molecule has 0 aliphatic heterocycles. The number of nitrogens with zero attached hydrogens (tertiary/aromatic N) is 1. The SMILES string of the molecule is O=C(NCc1cnc[nH]1)c1cc(=O)c2ccccc2o1. The standard InChI is InChI=1S/C14H11N3O3/c18-11-5-13(20-12-4-2-1-3-10(11)12)14(19)16-7-9-6-15-8-17-9/h1-6,8H,7H2,(H,15,17)(H,16,19). The van der Waals surface area contributed by atoms with Gasteiger partial charge >= 0.3 is 0 Å². The highest BCUT2D eigenvalue weighted by Crippen LogP contribution is 2.11. The Hall–Kier alpha value is -2.89. The Balaban J connectivity index is 1.86. The normalized spacial score (nSPS) is 10.6. The molecule has 0 atom stereocenters. The maximum absolute atomic E-state index is 12.0. The highest BCUT2D eigenvalue weighted by atomic mass is 16.3. The molecule has 100 valence electrons. The van der Waals surface area contributed by atoms with Crippen LogP contribution in [-0.2, 0) is 6.54 Å². The summed E-state index contributed by atoms with van der Waals surface area (Å²) >= 11 is 0. The van der Waals surface area contributed by atoms with E-state index in [0.717, 1.165) is 5.69 Å². The second-order valence-electron chi connectivity index (χ2n) is 4.23. The molecule has 0 aliphatic carbocycles. The number of aromatic nitrogens is 2. The minimum Gasteiger partial charge on any atom is -0.451 e. The predicted molar refractivity (Wildman–Crippen MR) is 72.2 cm³/mol. The summed E-state index contributed by atoms with van der Waals surface area (Å²) in [6, 6.07) is 8.01. The molecule has 6 heteroatoms. The van der Waals surface area contributed by atoms with Crippen molar-refractivity contribution in [2.75, 3.05) is 0 Å². The lowest BCUT2D eigenvalue weighted by Gasteiger charge is -2.04. The van der Waals surface area contributed by atoms with Crippen LogP contribution in [0.2, 0.25) is 0 Å². The molecule has 2 aromatic heterocycles. The molecule has 0 saturated heterocycles. The summed E-state index contributed by atoms with van der Waals surface area (Å²) in [6.07, 6.45) is 3.13. The number of para-hydroxylation sites is 1. The van der Waals surface area contributed by atoms with E-state index >= 15 is 0 Å². The first-order valence-electron chi connectivity index (χ1n) is 6.02. The summed E-state index contributed by atoms with van der Waals surface area (Å²) < 4.78 is 5.44. The van der Waals surface area contributed by atoms with Gasteiger partial charge in [0.2, 0.25) is 0 Å². The lowest BCUT2D eigenvalue weighted by Crippen LogP contribution is -2.24. The van der Waals surface area contributed by atoms with E-state index in [1.54, 1.807) is 30.5 Å². The van der Waals surface area contributed by atoms with E-state index in [1.165, 1.54) is 12.4 Å². The Morgan fingerprint density at radius 2 is 2.20 bits per heavy atom. The predicted octanol–water partition coefficient (Wildman–Crippen LogP) is 1.45. The van der Waals surface area contributed by atoms with Gasteiger partial charge in [-0.05, 0) is 12.1 Å². The number of carbonyl (C=O) groups is 1. The lowest BCUT2D eigenvalue weighted by atomic mass is 10.2. The van der Waals surface area contributed by atoms with Crippen LogP contribution in [0.25, 0.3) is 11.0 Å².